The minimum atomic E-state index is -0.191. The van der Waals surface area contributed by atoms with Gasteiger partial charge in [0.1, 0.15) is 6.61 Å². The molecule has 0 atom stereocenters. The Kier molecular flexibility index (Phi) is 10.7. The molecule has 4 aromatic rings. The highest BCUT2D eigenvalue weighted by atomic mass is 35.5. The number of benzene rings is 3. The molecule has 0 aliphatic heterocycles. The van der Waals surface area contributed by atoms with Gasteiger partial charge in [-0.25, -0.2) is 0 Å². The van der Waals surface area contributed by atoms with E-state index in [1.165, 1.54) is 0 Å². The van der Waals surface area contributed by atoms with E-state index in [1.807, 2.05) is 60.7 Å². The zero-order valence-corrected chi connectivity index (χ0v) is 23.1. The molecule has 0 bridgehead atoms. The monoisotopic (exact) mass is 573 g/mol. The molecule has 1 amide bonds. The molecule has 0 saturated heterocycles. The van der Waals surface area contributed by atoms with Crippen LogP contribution in [0.25, 0.3) is 0 Å². The lowest BCUT2D eigenvalue weighted by atomic mass is 10.2. The first-order valence-corrected chi connectivity index (χ1v) is 13.4. The van der Waals surface area contributed by atoms with Crippen molar-refractivity contribution in [3.8, 4) is 6.01 Å². The van der Waals surface area contributed by atoms with Gasteiger partial charge in [-0.2, -0.15) is 15.0 Å². The average Bonchev–Trinajstić information content (AvgIpc) is 2.98. The van der Waals surface area contributed by atoms with Crippen molar-refractivity contribution in [2.75, 3.05) is 23.7 Å². The Morgan fingerprint density at radius 2 is 1.66 bits per heavy atom. The summed E-state index contributed by atoms with van der Waals surface area (Å²) >= 11 is 6.00. The Balaban J connectivity index is 1.43. The van der Waals surface area contributed by atoms with E-state index < -0.39 is 0 Å². The van der Waals surface area contributed by atoms with E-state index in [-0.39, 0.29) is 23.8 Å². The number of rotatable bonds is 14. The molecule has 41 heavy (non-hydrogen) atoms. The van der Waals surface area contributed by atoms with Crippen LogP contribution < -0.4 is 32.2 Å². The molecular formula is C29H32ClN9O2. The summed E-state index contributed by atoms with van der Waals surface area (Å²) in [5.41, 5.74) is 13.8. The molecule has 11 nitrogen and oxygen atoms in total. The van der Waals surface area contributed by atoms with E-state index in [0.717, 1.165) is 24.0 Å². The van der Waals surface area contributed by atoms with Crippen molar-refractivity contribution >= 4 is 41.1 Å². The lowest BCUT2D eigenvalue weighted by Crippen LogP contribution is -2.25. The van der Waals surface area contributed by atoms with Gasteiger partial charge in [0.05, 0.1) is 0 Å². The lowest BCUT2D eigenvalue weighted by molar-refractivity contribution is 0.0953. The number of anilines is 3. The second-order valence-electron chi connectivity index (χ2n) is 8.99. The fraction of sp³-hybridized carbons (Fsp3) is 0.207. The Labute approximate surface area is 243 Å². The summed E-state index contributed by atoms with van der Waals surface area (Å²) in [6.45, 7) is 1.80. The SMILES string of the molecule is NC(N)=NCCCCNC(=O)c1cccc(Nc2nc(NCc3ccc(Cl)cc3)nc(OCc3ccccc3)n2)c1. The highest BCUT2D eigenvalue weighted by molar-refractivity contribution is 6.30. The molecule has 1 heterocycles. The van der Waals surface area contributed by atoms with Gasteiger partial charge in [0.2, 0.25) is 11.9 Å². The predicted molar refractivity (Wildman–Crippen MR) is 161 cm³/mol. The second kappa shape index (κ2) is 15.0. The third-order valence-electron chi connectivity index (χ3n) is 5.74. The maximum absolute atomic E-state index is 12.7. The van der Waals surface area contributed by atoms with Crippen LogP contribution in [0.2, 0.25) is 5.02 Å². The number of carbonyl (C=O) groups is 1. The van der Waals surface area contributed by atoms with Gasteiger partial charge in [0.25, 0.3) is 5.91 Å². The van der Waals surface area contributed by atoms with Crippen LogP contribution in [0.5, 0.6) is 6.01 Å². The number of nitrogens with one attached hydrogen (secondary N) is 3. The van der Waals surface area contributed by atoms with Crippen LogP contribution in [0.15, 0.2) is 83.9 Å². The van der Waals surface area contributed by atoms with Crippen LogP contribution in [0.3, 0.4) is 0 Å². The molecule has 0 radical (unpaired) electrons. The van der Waals surface area contributed by atoms with Crippen molar-refractivity contribution in [2.45, 2.75) is 26.0 Å². The first-order valence-electron chi connectivity index (χ1n) is 13.1. The maximum Gasteiger partial charge on any atom is 0.323 e. The third kappa shape index (κ3) is 9.97. The predicted octanol–water partition coefficient (Wildman–Crippen LogP) is 4.24. The van der Waals surface area contributed by atoms with Gasteiger partial charge in [-0.05, 0) is 54.3 Å². The Morgan fingerprint density at radius 3 is 2.44 bits per heavy atom. The molecule has 4 rings (SSSR count). The summed E-state index contributed by atoms with van der Waals surface area (Å²) in [5.74, 6) is 0.466. The van der Waals surface area contributed by atoms with Crippen LogP contribution in [-0.2, 0) is 13.2 Å². The number of hydrogen-bond acceptors (Lipinski definition) is 8. The first-order chi connectivity index (χ1) is 19.9. The van der Waals surface area contributed by atoms with Crippen molar-refractivity contribution in [3.63, 3.8) is 0 Å². The van der Waals surface area contributed by atoms with Crippen molar-refractivity contribution in [1.82, 2.24) is 20.3 Å². The normalized spacial score (nSPS) is 10.5. The minimum absolute atomic E-state index is 0.0656. The number of aromatic nitrogens is 3. The van der Waals surface area contributed by atoms with Gasteiger partial charge in [0.15, 0.2) is 5.96 Å². The van der Waals surface area contributed by atoms with Crippen LogP contribution >= 0.6 is 11.6 Å². The molecule has 1 aromatic heterocycles. The van der Waals surface area contributed by atoms with E-state index in [2.05, 4.69) is 35.9 Å². The molecule has 212 valence electrons. The summed E-state index contributed by atoms with van der Waals surface area (Å²) in [6.07, 6.45) is 1.52. The second-order valence-corrected chi connectivity index (χ2v) is 9.43. The van der Waals surface area contributed by atoms with Crippen LogP contribution in [-0.4, -0.2) is 39.9 Å². The molecule has 0 aliphatic carbocycles. The largest absolute Gasteiger partial charge is 0.458 e. The highest BCUT2D eigenvalue weighted by Crippen LogP contribution is 2.19. The number of nitrogens with two attached hydrogens (primary N) is 2. The molecule has 12 heteroatoms. The number of nitrogens with zero attached hydrogens (tertiary/aromatic N) is 4. The van der Waals surface area contributed by atoms with Gasteiger partial charge in [-0.3, -0.25) is 9.79 Å². The smallest absolute Gasteiger partial charge is 0.323 e. The van der Waals surface area contributed by atoms with E-state index in [1.54, 1.807) is 18.2 Å². The van der Waals surface area contributed by atoms with Gasteiger partial charge in [-0.15, -0.1) is 0 Å². The number of aliphatic imine (C=N–C) groups is 1. The van der Waals surface area contributed by atoms with Gasteiger partial charge >= 0.3 is 6.01 Å². The number of hydrogen-bond donors (Lipinski definition) is 5. The zero-order valence-electron chi connectivity index (χ0n) is 22.4. The summed E-state index contributed by atoms with van der Waals surface area (Å²) < 4.78 is 5.88. The van der Waals surface area contributed by atoms with Crippen molar-refractivity contribution < 1.29 is 9.53 Å². The van der Waals surface area contributed by atoms with Gasteiger partial charge in [-0.1, -0.05) is 60.1 Å². The number of halogens is 1. The van der Waals surface area contributed by atoms with Gasteiger partial charge < -0.3 is 32.2 Å². The number of amides is 1. The molecule has 0 fully saturated rings. The number of carbonyl (C=O) groups excluding carboxylic acids is 1. The summed E-state index contributed by atoms with van der Waals surface area (Å²) in [6, 6.07) is 24.4. The topological polar surface area (TPSA) is 165 Å². The molecule has 3 aromatic carbocycles. The molecule has 7 N–H and O–H groups in total. The number of guanidine groups is 1. The van der Waals surface area contributed by atoms with Crippen molar-refractivity contribution in [1.29, 1.82) is 0 Å². The van der Waals surface area contributed by atoms with Crippen molar-refractivity contribution in [3.05, 3.63) is 101 Å². The zero-order chi connectivity index (χ0) is 28.9. The lowest BCUT2D eigenvalue weighted by Gasteiger charge is -2.12. The van der Waals surface area contributed by atoms with Crippen molar-refractivity contribution in [2.24, 2.45) is 16.5 Å². The van der Waals surface area contributed by atoms with Gasteiger partial charge in [0, 0.05) is 35.9 Å². The molecule has 0 unspecified atom stereocenters. The summed E-state index contributed by atoms with van der Waals surface area (Å²) in [7, 11) is 0. The van der Waals surface area contributed by atoms with Crippen LogP contribution in [0.1, 0.15) is 34.3 Å². The number of unbranched alkanes of at least 4 members (excludes halogenated alkanes) is 1. The standard InChI is InChI=1S/C29H32ClN9O2/c30-23-13-11-20(12-14-23)18-35-27-37-28(39-29(38-27)41-19-21-7-2-1-3-8-21)36-24-10-6-9-22(17-24)25(40)33-15-4-5-16-34-26(31)32/h1-3,6-14,17H,4-5,15-16,18-19H2,(H,33,40)(H4,31,32,34)(H2,35,36,37,38,39). The molecule has 0 saturated carbocycles. The average molecular weight is 574 g/mol. The Hall–Kier alpha value is -4.90. The fourth-order valence-electron chi connectivity index (χ4n) is 3.68. The minimum Gasteiger partial charge on any atom is -0.458 e. The van der Waals surface area contributed by atoms with E-state index >= 15 is 0 Å². The molecule has 0 aliphatic rings. The first kappa shape index (κ1) is 29.1. The van der Waals surface area contributed by atoms with E-state index in [4.69, 9.17) is 27.8 Å². The maximum atomic E-state index is 12.7. The van der Waals surface area contributed by atoms with Crippen LogP contribution in [0, 0.1) is 0 Å². The van der Waals surface area contributed by atoms with Crippen LogP contribution in [0.4, 0.5) is 17.6 Å². The van der Waals surface area contributed by atoms with E-state index in [0.29, 0.717) is 48.5 Å². The molecule has 0 spiro atoms. The Bertz CT molecular complexity index is 1450. The highest BCUT2D eigenvalue weighted by Gasteiger charge is 2.11. The number of ether oxygens (including phenoxy) is 1. The summed E-state index contributed by atoms with van der Waals surface area (Å²) in [4.78, 5) is 30.0. The summed E-state index contributed by atoms with van der Waals surface area (Å²) in [5, 5.41) is 9.94. The third-order valence-corrected chi connectivity index (χ3v) is 5.99. The quantitative estimate of drug-likeness (QED) is 0.0842. The van der Waals surface area contributed by atoms with E-state index in [9.17, 15) is 4.79 Å². The molecular weight excluding hydrogens is 542 g/mol. The fourth-order valence-corrected chi connectivity index (χ4v) is 3.80. The Morgan fingerprint density at radius 1 is 0.878 bits per heavy atom.